The average molecular weight is 247 g/mol. The van der Waals surface area contributed by atoms with Gasteiger partial charge in [-0.3, -0.25) is 14.5 Å². The number of imide groups is 1. The van der Waals surface area contributed by atoms with Crippen LogP contribution in [-0.2, 0) is 16.1 Å². The molecule has 92 valence electrons. The van der Waals surface area contributed by atoms with Gasteiger partial charge in [0.15, 0.2) is 0 Å². The maximum Gasteiger partial charge on any atom is 0.339 e. The molecule has 0 bridgehead atoms. The number of carboxylic acid groups (broad SMARTS) is 1. The number of carbonyl (C=O) groups excluding carboxylic acids is 2. The standard InChI is InChI=1S/C11H9N3O4/c15-9-5-1-6(5)10(16)14(9)3-8-7(11(17)18)2-12-4-13-8/h2,4-6H,1,3H2,(H,17,18). The number of fused-ring (bicyclic) bond motifs is 1. The van der Waals surface area contributed by atoms with E-state index in [1.165, 1.54) is 6.33 Å². The molecule has 1 N–H and O–H groups in total. The number of rotatable bonds is 3. The summed E-state index contributed by atoms with van der Waals surface area (Å²) in [5, 5.41) is 8.96. The van der Waals surface area contributed by atoms with Crippen LogP contribution in [-0.4, -0.2) is 37.8 Å². The smallest absolute Gasteiger partial charge is 0.339 e. The first-order chi connectivity index (χ1) is 8.59. The molecule has 18 heavy (non-hydrogen) atoms. The Labute approximate surface area is 101 Å². The molecule has 2 aliphatic rings. The first kappa shape index (κ1) is 10.8. The van der Waals surface area contributed by atoms with Crippen LogP contribution in [0.5, 0.6) is 0 Å². The number of likely N-dealkylation sites (tertiary alicyclic amines) is 1. The number of hydrogen-bond acceptors (Lipinski definition) is 5. The van der Waals surface area contributed by atoms with Crippen molar-refractivity contribution in [3.05, 3.63) is 23.8 Å². The van der Waals surface area contributed by atoms with Crippen molar-refractivity contribution in [1.29, 1.82) is 0 Å². The summed E-state index contributed by atoms with van der Waals surface area (Å²) >= 11 is 0. The molecule has 1 aliphatic heterocycles. The summed E-state index contributed by atoms with van der Waals surface area (Å²) in [4.78, 5) is 43.0. The third-order valence-corrected chi connectivity index (χ3v) is 3.29. The predicted molar refractivity (Wildman–Crippen MR) is 56.1 cm³/mol. The average Bonchev–Trinajstić information content (AvgIpc) is 3.10. The number of nitrogens with zero attached hydrogens (tertiary/aromatic N) is 3. The van der Waals surface area contributed by atoms with Crippen LogP contribution in [0.4, 0.5) is 0 Å². The maximum atomic E-state index is 11.8. The molecule has 1 aliphatic carbocycles. The molecule has 2 fully saturated rings. The molecule has 0 aromatic carbocycles. The number of carboxylic acids is 1. The molecule has 2 amide bonds. The van der Waals surface area contributed by atoms with Gasteiger partial charge in [-0.2, -0.15) is 0 Å². The van der Waals surface area contributed by atoms with Crippen molar-refractivity contribution < 1.29 is 19.5 Å². The minimum Gasteiger partial charge on any atom is -0.478 e. The van der Waals surface area contributed by atoms with Gasteiger partial charge in [-0.1, -0.05) is 0 Å². The molecule has 1 aromatic rings. The molecule has 1 saturated heterocycles. The molecule has 2 atom stereocenters. The molecule has 7 heteroatoms. The van der Waals surface area contributed by atoms with Gasteiger partial charge in [0.05, 0.1) is 24.1 Å². The fourth-order valence-electron chi connectivity index (χ4n) is 2.21. The number of aromatic nitrogens is 2. The highest BCUT2D eigenvalue weighted by atomic mass is 16.4. The lowest BCUT2D eigenvalue weighted by molar-refractivity contribution is -0.142. The van der Waals surface area contributed by atoms with Gasteiger partial charge in [0.25, 0.3) is 0 Å². The van der Waals surface area contributed by atoms with Crippen molar-refractivity contribution in [3.63, 3.8) is 0 Å². The second-order valence-electron chi connectivity index (χ2n) is 4.40. The Kier molecular flexibility index (Phi) is 2.16. The predicted octanol–water partition coefficient (Wildman–Crippen LogP) is -0.320. The van der Waals surface area contributed by atoms with Crippen LogP contribution in [0, 0.1) is 11.8 Å². The summed E-state index contributed by atoms with van der Waals surface area (Å²) < 4.78 is 0. The SMILES string of the molecule is O=C(O)c1cncnc1CN1C(=O)C2CC2C1=O. The Morgan fingerprint density at radius 3 is 2.67 bits per heavy atom. The molecule has 7 nitrogen and oxygen atoms in total. The molecule has 0 radical (unpaired) electrons. The minimum absolute atomic E-state index is 0.0846. The van der Waals surface area contributed by atoms with Gasteiger partial charge < -0.3 is 5.11 Å². The summed E-state index contributed by atoms with van der Waals surface area (Å²) in [5.41, 5.74) is 0.0965. The van der Waals surface area contributed by atoms with E-state index in [4.69, 9.17) is 5.11 Å². The number of hydrogen-bond donors (Lipinski definition) is 1. The summed E-state index contributed by atoms with van der Waals surface area (Å²) in [7, 11) is 0. The molecular weight excluding hydrogens is 238 g/mol. The molecule has 1 aromatic heterocycles. The molecule has 1 saturated carbocycles. The summed E-state index contributed by atoms with van der Waals surface area (Å²) in [6, 6.07) is 0. The van der Waals surface area contributed by atoms with Gasteiger partial charge in [-0.25, -0.2) is 14.8 Å². The first-order valence-electron chi connectivity index (χ1n) is 5.47. The van der Waals surface area contributed by atoms with Crippen molar-refractivity contribution in [2.75, 3.05) is 0 Å². The van der Waals surface area contributed by atoms with E-state index in [0.29, 0.717) is 6.42 Å². The Hall–Kier alpha value is -2.31. The summed E-state index contributed by atoms with van der Waals surface area (Å²) in [6.45, 7) is -0.0885. The van der Waals surface area contributed by atoms with Gasteiger partial charge in [-0.05, 0) is 6.42 Å². The highest BCUT2D eigenvalue weighted by Gasteiger charge is 2.58. The van der Waals surface area contributed by atoms with Crippen LogP contribution in [0.15, 0.2) is 12.5 Å². The lowest BCUT2D eigenvalue weighted by Gasteiger charge is -2.16. The van der Waals surface area contributed by atoms with Crippen molar-refractivity contribution in [2.45, 2.75) is 13.0 Å². The normalized spacial score (nSPS) is 25.2. The Morgan fingerprint density at radius 2 is 2.06 bits per heavy atom. The van der Waals surface area contributed by atoms with Crippen LogP contribution in [0.3, 0.4) is 0 Å². The summed E-state index contributed by atoms with van der Waals surface area (Å²) in [6.07, 6.45) is 2.99. The monoisotopic (exact) mass is 247 g/mol. The van der Waals surface area contributed by atoms with E-state index in [0.717, 1.165) is 11.1 Å². The Bertz CT molecular complexity index is 551. The summed E-state index contributed by atoms with van der Waals surface area (Å²) in [5.74, 6) is -1.99. The van der Waals surface area contributed by atoms with Gasteiger partial charge in [-0.15, -0.1) is 0 Å². The van der Waals surface area contributed by atoms with Crippen LogP contribution >= 0.6 is 0 Å². The zero-order valence-corrected chi connectivity index (χ0v) is 9.24. The van der Waals surface area contributed by atoms with E-state index < -0.39 is 5.97 Å². The van der Waals surface area contributed by atoms with Crippen molar-refractivity contribution in [1.82, 2.24) is 14.9 Å². The molecule has 3 rings (SSSR count). The highest BCUT2D eigenvalue weighted by molar-refractivity contribution is 6.08. The minimum atomic E-state index is -1.17. The second-order valence-corrected chi connectivity index (χ2v) is 4.40. The van der Waals surface area contributed by atoms with Crippen molar-refractivity contribution in [2.24, 2.45) is 11.8 Å². The first-order valence-corrected chi connectivity index (χ1v) is 5.47. The fraction of sp³-hybridized carbons (Fsp3) is 0.364. The lowest BCUT2D eigenvalue weighted by Crippen LogP contribution is -2.33. The van der Waals surface area contributed by atoms with Gasteiger partial charge >= 0.3 is 5.97 Å². The largest absolute Gasteiger partial charge is 0.478 e. The van der Waals surface area contributed by atoms with Gasteiger partial charge in [0.1, 0.15) is 11.9 Å². The zero-order chi connectivity index (χ0) is 12.9. The third kappa shape index (κ3) is 1.47. The molecule has 2 unspecified atom stereocenters. The van der Waals surface area contributed by atoms with E-state index in [1.807, 2.05) is 0 Å². The quantitative estimate of drug-likeness (QED) is 0.734. The molecular formula is C11H9N3O4. The zero-order valence-electron chi connectivity index (χ0n) is 9.24. The van der Waals surface area contributed by atoms with E-state index in [2.05, 4.69) is 9.97 Å². The molecule has 2 heterocycles. The van der Waals surface area contributed by atoms with Crippen molar-refractivity contribution in [3.8, 4) is 0 Å². The number of amides is 2. The topological polar surface area (TPSA) is 100 Å². The van der Waals surface area contributed by atoms with Gasteiger partial charge in [0.2, 0.25) is 11.8 Å². The van der Waals surface area contributed by atoms with E-state index in [9.17, 15) is 14.4 Å². The maximum absolute atomic E-state index is 11.8. The van der Waals surface area contributed by atoms with Crippen molar-refractivity contribution >= 4 is 17.8 Å². The lowest BCUT2D eigenvalue weighted by atomic mass is 10.2. The van der Waals surface area contributed by atoms with Gasteiger partial charge in [0, 0.05) is 6.20 Å². The number of aromatic carboxylic acids is 1. The second kappa shape index (κ2) is 3.59. The van der Waals surface area contributed by atoms with Crippen LogP contribution in [0.1, 0.15) is 22.5 Å². The van der Waals surface area contributed by atoms with Crippen LogP contribution in [0.2, 0.25) is 0 Å². The van der Waals surface area contributed by atoms with E-state index in [-0.39, 0.29) is 41.5 Å². The van der Waals surface area contributed by atoms with E-state index in [1.54, 1.807) is 0 Å². The van der Waals surface area contributed by atoms with Crippen LogP contribution in [0.25, 0.3) is 0 Å². The number of piperidine rings is 1. The number of carbonyl (C=O) groups is 3. The molecule has 0 spiro atoms. The fourth-order valence-corrected chi connectivity index (χ4v) is 2.21. The van der Waals surface area contributed by atoms with E-state index >= 15 is 0 Å². The Morgan fingerprint density at radius 1 is 1.39 bits per heavy atom. The Balaban J connectivity index is 1.87. The van der Waals surface area contributed by atoms with Crippen LogP contribution < -0.4 is 0 Å². The third-order valence-electron chi connectivity index (χ3n) is 3.29. The highest BCUT2D eigenvalue weighted by Crippen LogP contribution is 2.47.